The molecule has 0 saturated heterocycles. The van der Waals surface area contributed by atoms with Crippen LogP contribution in [0.15, 0.2) is 5.38 Å². The highest BCUT2D eigenvalue weighted by Crippen LogP contribution is 2.21. The van der Waals surface area contributed by atoms with Gasteiger partial charge in [0.15, 0.2) is 0 Å². The Morgan fingerprint density at radius 2 is 2.33 bits per heavy atom. The molecule has 0 aliphatic heterocycles. The maximum absolute atomic E-state index is 5.69. The molecule has 1 heterocycles. The van der Waals surface area contributed by atoms with Crippen LogP contribution in [0.3, 0.4) is 0 Å². The number of hydrogen-bond acceptors (Lipinski definition) is 4. The van der Waals surface area contributed by atoms with Gasteiger partial charge in [-0.15, -0.1) is 11.3 Å². The number of thiazole rings is 1. The van der Waals surface area contributed by atoms with E-state index in [0.29, 0.717) is 12.5 Å². The molecule has 1 rings (SSSR count). The van der Waals surface area contributed by atoms with Crippen molar-refractivity contribution in [2.45, 2.75) is 38.7 Å². The highest BCUT2D eigenvalue weighted by atomic mass is 32.1. The summed E-state index contributed by atoms with van der Waals surface area (Å²) in [5, 5.41) is 3.27. The van der Waals surface area contributed by atoms with Gasteiger partial charge in [-0.2, -0.15) is 0 Å². The molecule has 0 fully saturated rings. The molecule has 1 aromatic heterocycles. The monoisotopic (exact) mass is 228 g/mol. The minimum absolute atomic E-state index is 0.238. The number of aromatic nitrogens is 1. The van der Waals surface area contributed by atoms with Gasteiger partial charge in [-0.1, -0.05) is 6.92 Å². The van der Waals surface area contributed by atoms with Crippen LogP contribution in [-0.4, -0.2) is 24.7 Å². The van der Waals surface area contributed by atoms with Crippen LogP contribution < -0.4 is 5.73 Å². The second-order valence-electron chi connectivity index (χ2n) is 3.76. The van der Waals surface area contributed by atoms with Crippen LogP contribution in [0.1, 0.15) is 36.9 Å². The summed E-state index contributed by atoms with van der Waals surface area (Å²) in [4.78, 5) is 4.60. The van der Waals surface area contributed by atoms with Crippen LogP contribution in [-0.2, 0) is 11.2 Å². The van der Waals surface area contributed by atoms with E-state index in [0.717, 1.165) is 23.5 Å². The highest BCUT2D eigenvalue weighted by Gasteiger charge is 2.12. The summed E-state index contributed by atoms with van der Waals surface area (Å²) >= 11 is 1.71. The third kappa shape index (κ3) is 3.55. The molecule has 0 spiro atoms. The maximum atomic E-state index is 5.69. The lowest BCUT2D eigenvalue weighted by molar-refractivity contribution is 0.118. The first-order valence-corrected chi connectivity index (χ1v) is 6.26. The molecule has 2 N–H and O–H groups in total. The van der Waals surface area contributed by atoms with Crippen LogP contribution in [0.4, 0.5) is 0 Å². The van der Waals surface area contributed by atoms with Gasteiger partial charge in [0.1, 0.15) is 0 Å². The van der Waals surface area contributed by atoms with E-state index in [-0.39, 0.29) is 6.10 Å². The fraction of sp³-hybridized carbons (Fsp3) is 0.727. The SMILES string of the molecule is CCC(CN)c1csc(CC(C)OC)n1. The average molecular weight is 228 g/mol. The molecule has 1 aromatic rings. The molecule has 0 radical (unpaired) electrons. The van der Waals surface area contributed by atoms with E-state index in [1.165, 1.54) is 0 Å². The van der Waals surface area contributed by atoms with Crippen LogP contribution in [0.25, 0.3) is 0 Å². The van der Waals surface area contributed by atoms with Gasteiger partial charge in [0.05, 0.1) is 16.8 Å². The van der Waals surface area contributed by atoms with Gasteiger partial charge in [-0.05, 0) is 13.3 Å². The fourth-order valence-corrected chi connectivity index (χ4v) is 2.42. The number of nitrogens with zero attached hydrogens (tertiary/aromatic N) is 1. The third-order valence-electron chi connectivity index (χ3n) is 2.63. The van der Waals surface area contributed by atoms with E-state index in [4.69, 9.17) is 10.5 Å². The molecule has 2 atom stereocenters. The minimum atomic E-state index is 0.238. The zero-order chi connectivity index (χ0) is 11.3. The Morgan fingerprint density at radius 1 is 1.60 bits per heavy atom. The Hall–Kier alpha value is -0.450. The molecule has 0 bridgehead atoms. The van der Waals surface area contributed by atoms with Crippen molar-refractivity contribution >= 4 is 11.3 Å². The predicted octanol–water partition coefficient (Wildman–Crippen LogP) is 2.17. The van der Waals surface area contributed by atoms with Gasteiger partial charge in [0.2, 0.25) is 0 Å². The van der Waals surface area contributed by atoms with Gasteiger partial charge in [0.25, 0.3) is 0 Å². The standard InChI is InChI=1S/C11H20N2OS/c1-4-9(6-12)10-7-15-11(13-10)5-8(2)14-3/h7-9H,4-6,12H2,1-3H3. The predicted molar refractivity (Wildman–Crippen MR) is 64.4 cm³/mol. The molecule has 86 valence electrons. The molecule has 0 amide bonds. The molecule has 15 heavy (non-hydrogen) atoms. The summed E-state index contributed by atoms with van der Waals surface area (Å²) in [6.45, 7) is 4.88. The van der Waals surface area contributed by atoms with Crippen molar-refractivity contribution in [3.63, 3.8) is 0 Å². The summed E-state index contributed by atoms with van der Waals surface area (Å²) in [6, 6.07) is 0. The Morgan fingerprint density at radius 3 is 2.87 bits per heavy atom. The number of hydrogen-bond donors (Lipinski definition) is 1. The molecule has 0 saturated carbocycles. The zero-order valence-corrected chi connectivity index (χ0v) is 10.5. The number of ether oxygens (including phenoxy) is 1. The fourth-order valence-electron chi connectivity index (χ4n) is 1.43. The number of rotatable bonds is 6. The van der Waals surface area contributed by atoms with Gasteiger partial charge in [-0.3, -0.25) is 0 Å². The molecule has 2 unspecified atom stereocenters. The molecule has 0 aromatic carbocycles. The van der Waals surface area contributed by atoms with Crippen molar-refractivity contribution in [3.8, 4) is 0 Å². The van der Waals surface area contributed by atoms with Gasteiger partial charge in [-0.25, -0.2) is 4.98 Å². The topological polar surface area (TPSA) is 48.1 Å². The summed E-state index contributed by atoms with van der Waals surface area (Å²) in [6.07, 6.45) is 2.18. The largest absolute Gasteiger partial charge is 0.381 e. The van der Waals surface area contributed by atoms with E-state index in [1.807, 2.05) is 0 Å². The average Bonchev–Trinajstić information content (AvgIpc) is 2.68. The minimum Gasteiger partial charge on any atom is -0.381 e. The van der Waals surface area contributed by atoms with Gasteiger partial charge >= 0.3 is 0 Å². The quantitative estimate of drug-likeness (QED) is 0.811. The maximum Gasteiger partial charge on any atom is 0.0954 e. The molecular formula is C11H20N2OS. The Kier molecular flexibility index (Phi) is 5.22. The van der Waals surface area contributed by atoms with Crippen molar-refractivity contribution in [1.29, 1.82) is 0 Å². The molecular weight excluding hydrogens is 208 g/mol. The lowest BCUT2D eigenvalue weighted by Gasteiger charge is -2.08. The first-order valence-electron chi connectivity index (χ1n) is 5.38. The normalized spacial score (nSPS) is 15.2. The molecule has 0 aliphatic carbocycles. The second kappa shape index (κ2) is 6.20. The van der Waals surface area contributed by atoms with Crippen molar-refractivity contribution in [2.75, 3.05) is 13.7 Å². The summed E-state index contributed by atoms with van der Waals surface area (Å²) in [5.41, 5.74) is 6.83. The third-order valence-corrected chi connectivity index (χ3v) is 3.52. The first-order chi connectivity index (χ1) is 7.21. The van der Waals surface area contributed by atoms with Crippen LogP contribution in [0.5, 0.6) is 0 Å². The first kappa shape index (κ1) is 12.6. The number of methoxy groups -OCH3 is 1. The van der Waals surface area contributed by atoms with Crippen LogP contribution in [0, 0.1) is 0 Å². The molecule has 0 aliphatic rings. The van der Waals surface area contributed by atoms with Crippen molar-refractivity contribution < 1.29 is 4.74 Å². The lowest BCUT2D eigenvalue weighted by atomic mass is 10.0. The number of nitrogens with two attached hydrogens (primary N) is 1. The second-order valence-corrected chi connectivity index (χ2v) is 4.70. The van der Waals surface area contributed by atoms with Crippen molar-refractivity contribution in [2.24, 2.45) is 5.73 Å². The Labute approximate surface area is 95.7 Å². The highest BCUT2D eigenvalue weighted by molar-refractivity contribution is 7.09. The van der Waals surface area contributed by atoms with Crippen LogP contribution in [0.2, 0.25) is 0 Å². The zero-order valence-electron chi connectivity index (χ0n) is 9.69. The molecule has 3 nitrogen and oxygen atoms in total. The van der Waals surface area contributed by atoms with Crippen molar-refractivity contribution in [1.82, 2.24) is 4.98 Å². The van der Waals surface area contributed by atoms with Crippen LogP contribution >= 0.6 is 11.3 Å². The Bertz CT molecular complexity index is 284. The summed E-state index contributed by atoms with van der Waals surface area (Å²) in [7, 11) is 1.73. The smallest absolute Gasteiger partial charge is 0.0954 e. The van der Waals surface area contributed by atoms with E-state index in [2.05, 4.69) is 24.2 Å². The summed E-state index contributed by atoms with van der Waals surface area (Å²) in [5.74, 6) is 0.410. The van der Waals surface area contributed by atoms with E-state index < -0.39 is 0 Å². The van der Waals surface area contributed by atoms with E-state index >= 15 is 0 Å². The lowest BCUT2D eigenvalue weighted by Crippen LogP contribution is -2.12. The van der Waals surface area contributed by atoms with Crippen molar-refractivity contribution in [3.05, 3.63) is 16.1 Å². The van der Waals surface area contributed by atoms with E-state index in [1.54, 1.807) is 18.4 Å². The van der Waals surface area contributed by atoms with Gasteiger partial charge in [0, 0.05) is 31.4 Å². The summed E-state index contributed by atoms with van der Waals surface area (Å²) < 4.78 is 5.22. The van der Waals surface area contributed by atoms with Gasteiger partial charge < -0.3 is 10.5 Å². The molecule has 4 heteroatoms. The van der Waals surface area contributed by atoms with E-state index in [9.17, 15) is 0 Å². The Balaban J connectivity index is 2.63.